The van der Waals surface area contributed by atoms with Gasteiger partial charge >= 0.3 is 5.97 Å². The van der Waals surface area contributed by atoms with Crippen LogP contribution in [0.4, 0.5) is 5.69 Å². The summed E-state index contributed by atoms with van der Waals surface area (Å²) in [6.07, 6.45) is -0.962. The van der Waals surface area contributed by atoms with E-state index < -0.39 is 18.0 Å². The molecule has 0 aliphatic rings. The number of aryl methyl sites for hydroxylation is 2. The number of amides is 1. The SMILES string of the molecule is CCOc1ccccc1NC(=O)[C@@H](C)OC(=O)COc1ccc(C)c(C)c1. The number of hydrogen-bond donors (Lipinski definition) is 1. The van der Waals surface area contributed by atoms with E-state index in [2.05, 4.69) is 5.32 Å². The van der Waals surface area contributed by atoms with Crippen LogP contribution in [0.1, 0.15) is 25.0 Å². The van der Waals surface area contributed by atoms with Crippen molar-refractivity contribution in [2.45, 2.75) is 33.8 Å². The monoisotopic (exact) mass is 371 g/mol. The Balaban J connectivity index is 1.86. The lowest BCUT2D eigenvalue weighted by Gasteiger charge is -2.16. The highest BCUT2D eigenvalue weighted by Crippen LogP contribution is 2.24. The summed E-state index contributed by atoms with van der Waals surface area (Å²) in [5.41, 5.74) is 2.74. The van der Waals surface area contributed by atoms with Crippen LogP contribution in [-0.4, -0.2) is 31.2 Å². The Bertz CT molecular complexity index is 803. The van der Waals surface area contributed by atoms with Gasteiger partial charge in [-0.1, -0.05) is 18.2 Å². The van der Waals surface area contributed by atoms with Crippen LogP contribution in [0.5, 0.6) is 11.5 Å². The minimum atomic E-state index is -0.962. The van der Waals surface area contributed by atoms with Crippen molar-refractivity contribution in [1.29, 1.82) is 0 Å². The Hall–Kier alpha value is -3.02. The number of nitrogens with one attached hydrogen (secondary N) is 1. The van der Waals surface area contributed by atoms with Gasteiger partial charge in [0.2, 0.25) is 0 Å². The minimum Gasteiger partial charge on any atom is -0.492 e. The molecular weight excluding hydrogens is 346 g/mol. The Labute approximate surface area is 159 Å². The third-order valence-electron chi connectivity index (χ3n) is 3.96. The number of benzene rings is 2. The molecule has 0 heterocycles. The summed E-state index contributed by atoms with van der Waals surface area (Å²) in [6, 6.07) is 12.6. The zero-order valence-electron chi connectivity index (χ0n) is 16.1. The van der Waals surface area contributed by atoms with Crippen molar-refractivity contribution in [2.24, 2.45) is 0 Å². The van der Waals surface area contributed by atoms with Crippen molar-refractivity contribution >= 4 is 17.6 Å². The van der Waals surface area contributed by atoms with Crippen molar-refractivity contribution in [3.63, 3.8) is 0 Å². The van der Waals surface area contributed by atoms with Crippen LogP contribution in [0, 0.1) is 13.8 Å². The lowest BCUT2D eigenvalue weighted by molar-refractivity contribution is -0.155. The first-order valence-electron chi connectivity index (χ1n) is 8.83. The van der Waals surface area contributed by atoms with E-state index >= 15 is 0 Å². The molecule has 0 saturated carbocycles. The third-order valence-corrected chi connectivity index (χ3v) is 3.96. The summed E-state index contributed by atoms with van der Waals surface area (Å²) in [7, 11) is 0. The highest BCUT2D eigenvalue weighted by molar-refractivity contribution is 5.96. The molecule has 0 spiro atoms. The molecule has 27 heavy (non-hydrogen) atoms. The lowest BCUT2D eigenvalue weighted by Crippen LogP contribution is -2.31. The van der Waals surface area contributed by atoms with Crippen molar-refractivity contribution in [3.8, 4) is 11.5 Å². The molecule has 2 aromatic carbocycles. The maximum absolute atomic E-state index is 12.3. The van der Waals surface area contributed by atoms with E-state index in [9.17, 15) is 9.59 Å². The summed E-state index contributed by atoms with van der Waals surface area (Å²) >= 11 is 0. The van der Waals surface area contributed by atoms with Crippen LogP contribution in [-0.2, 0) is 14.3 Å². The first-order valence-corrected chi connectivity index (χ1v) is 8.83. The molecule has 0 aliphatic carbocycles. The normalized spacial score (nSPS) is 11.4. The molecule has 0 saturated heterocycles. The van der Waals surface area contributed by atoms with Gasteiger partial charge in [0.25, 0.3) is 5.91 Å². The van der Waals surface area contributed by atoms with Crippen molar-refractivity contribution < 1.29 is 23.8 Å². The molecule has 144 valence electrons. The number of anilines is 1. The van der Waals surface area contributed by atoms with Crippen LogP contribution < -0.4 is 14.8 Å². The molecule has 0 aliphatic heterocycles. The van der Waals surface area contributed by atoms with E-state index in [4.69, 9.17) is 14.2 Å². The van der Waals surface area contributed by atoms with E-state index in [0.717, 1.165) is 11.1 Å². The number of carbonyl (C=O) groups is 2. The molecule has 0 aromatic heterocycles. The zero-order valence-corrected chi connectivity index (χ0v) is 16.1. The minimum absolute atomic E-state index is 0.268. The first-order chi connectivity index (χ1) is 12.9. The number of rotatable bonds is 8. The smallest absolute Gasteiger partial charge is 0.344 e. The van der Waals surface area contributed by atoms with Gasteiger partial charge in [0.15, 0.2) is 12.7 Å². The van der Waals surface area contributed by atoms with E-state index in [1.807, 2.05) is 39.0 Å². The predicted octanol–water partition coefficient (Wildman–Crippen LogP) is 3.65. The van der Waals surface area contributed by atoms with Gasteiger partial charge in [-0.2, -0.15) is 0 Å². The van der Waals surface area contributed by atoms with Crippen molar-refractivity contribution in [1.82, 2.24) is 0 Å². The highest BCUT2D eigenvalue weighted by atomic mass is 16.6. The predicted molar refractivity (Wildman–Crippen MR) is 103 cm³/mol. The van der Waals surface area contributed by atoms with Gasteiger partial charge in [0.1, 0.15) is 11.5 Å². The summed E-state index contributed by atoms with van der Waals surface area (Å²) < 4.78 is 16.0. The molecule has 1 N–H and O–H groups in total. The van der Waals surface area contributed by atoms with Gasteiger partial charge in [-0.3, -0.25) is 4.79 Å². The van der Waals surface area contributed by atoms with Crippen LogP contribution in [0.15, 0.2) is 42.5 Å². The number of hydrogen-bond acceptors (Lipinski definition) is 5. The maximum atomic E-state index is 12.3. The topological polar surface area (TPSA) is 73.9 Å². The fourth-order valence-corrected chi connectivity index (χ4v) is 2.32. The van der Waals surface area contributed by atoms with E-state index in [-0.39, 0.29) is 6.61 Å². The lowest BCUT2D eigenvalue weighted by atomic mass is 10.1. The fourth-order valence-electron chi connectivity index (χ4n) is 2.32. The molecule has 0 unspecified atom stereocenters. The second-order valence-electron chi connectivity index (χ2n) is 6.09. The first kappa shape index (κ1) is 20.3. The molecule has 1 atom stereocenters. The zero-order chi connectivity index (χ0) is 19.8. The van der Waals surface area contributed by atoms with Gasteiger partial charge in [0.05, 0.1) is 12.3 Å². The Morgan fingerprint density at radius 2 is 1.78 bits per heavy atom. The average Bonchev–Trinajstić information content (AvgIpc) is 2.64. The molecule has 0 bridgehead atoms. The maximum Gasteiger partial charge on any atom is 0.344 e. The fraction of sp³-hybridized carbons (Fsp3) is 0.333. The summed E-state index contributed by atoms with van der Waals surface area (Å²) in [4.78, 5) is 24.2. The molecule has 6 nitrogen and oxygen atoms in total. The van der Waals surface area contributed by atoms with E-state index in [1.54, 1.807) is 24.3 Å². The van der Waals surface area contributed by atoms with Gasteiger partial charge in [-0.15, -0.1) is 0 Å². The Morgan fingerprint density at radius 3 is 2.48 bits per heavy atom. The molecule has 2 rings (SSSR count). The van der Waals surface area contributed by atoms with Gasteiger partial charge < -0.3 is 19.5 Å². The van der Waals surface area contributed by atoms with Crippen molar-refractivity contribution in [2.75, 3.05) is 18.5 Å². The third kappa shape index (κ3) is 6.02. The second-order valence-corrected chi connectivity index (χ2v) is 6.09. The van der Waals surface area contributed by atoms with E-state index in [0.29, 0.717) is 23.8 Å². The summed E-state index contributed by atoms with van der Waals surface area (Å²) in [5, 5.41) is 2.71. The Kier molecular flexibility index (Phi) is 7.23. The quantitative estimate of drug-likeness (QED) is 0.717. The van der Waals surface area contributed by atoms with Gasteiger partial charge in [-0.25, -0.2) is 4.79 Å². The molecular formula is C21H25NO5. The van der Waals surface area contributed by atoms with Crippen molar-refractivity contribution in [3.05, 3.63) is 53.6 Å². The molecule has 0 radical (unpaired) electrons. The molecule has 6 heteroatoms. The molecule has 0 fully saturated rings. The van der Waals surface area contributed by atoms with Gasteiger partial charge in [0, 0.05) is 0 Å². The van der Waals surface area contributed by atoms with Crippen LogP contribution in [0.25, 0.3) is 0 Å². The molecule has 2 aromatic rings. The number of esters is 1. The number of carbonyl (C=O) groups excluding carboxylic acids is 2. The standard InChI is InChI=1S/C21H25NO5/c1-5-25-19-9-7-6-8-18(19)22-21(24)16(4)27-20(23)13-26-17-11-10-14(2)15(3)12-17/h6-12,16H,5,13H2,1-4H3,(H,22,24)/t16-/m1/s1. The van der Waals surface area contributed by atoms with Crippen LogP contribution in [0.2, 0.25) is 0 Å². The molecule has 1 amide bonds. The average molecular weight is 371 g/mol. The largest absolute Gasteiger partial charge is 0.492 e. The number of para-hydroxylation sites is 2. The Morgan fingerprint density at radius 1 is 1.04 bits per heavy atom. The summed E-state index contributed by atoms with van der Waals surface area (Å²) in [6.45, 7) is 7.54. The van der Waals surface area contributed by atoms with E-state index in [1.165, 1.54) is 6.92 Å². The van der Waals surface area contributed by atoms with Crippen LogP contribution >= 0.6 is 0 Å². The second kappa shape index (κ2) is 9.62. The summed E-state index contributed by atoms with van der Waals surface area (Å²) in [5.74, 6) is 0.0819. The number of ether oxygens (including phenoxy) is 3. The van der Waals surface area contributed by atoms with Crippen LogP contribution in [0.3, 0.4) is 0 Å². The highest BCUT2D eigenvalue weighted by Gasteiger charge is 2.19. The van der Waals surface area contributed by atoms with Gasteiger partial charge in [-0.05, 0) is 63.1 Å².